The lowest BCUT2D eigenvalue weighted by atomic mass is 9.90. The van der Waals surface area contributed by atoms with E-state index in [2.05, 4.69) is 21.8 Å². The molecule has 0 radical (unpaired) electrons. The van der Waals surface area contributed by atoms with Gasteiger partial charge in [-0.05, 0) is 61.8 Å². The van der Waals surface area contributed by atoms with Gasteiger partial charge < -0.3 is 14.5 Å². The molecule has 0 bridgehead atoms. The van der Waals surface area contributed by atoms with E-state index in [1.807, 2.05) is 12.4 Å². The zero-order chi connectivity index (χ0) is 24.4. The fourth-order valence-electron chi connectivity index (χ4n) is 5.43. The van der Waals surface area contributed by atoms with Crippen LogP contribution in [0.25, 0.3) is 0 Å². The minimum absolute atomic E-state index is 0.0863. The zero-order valence-corrected chi connectivity index (χ0v) is 20.4. The van der Waals surface area contributed by atoms with Gasteiger partial charge in [0.25, 0.3) is 0 Å². The highest BCUT2D eigenvalue weighted by Crippen LogP contribution is 2.50. The Balaban J connectivity index is 1.09. The largest absolute Gasteiger partial charge is 0.493 e. The standard InChI is InChI=1S/C27H34F2N4O2/c1-2-18-16-30-27(31-17-18)33-9-4-19(5-10-33)22-12-20(22)6-11-35-25-14-21(28)13-24(29)23(25)15-26(34)32-7-3-8-32/h13-14,16-17,19-20,22H,2-12,15H2,1H3/t20-,22+/m0/s1. The summed E-state index contributed by atoms with van der Waals surface area (Å²) in [6.45, 7) is 5.88. The Morgan fingerprint density at radius 1 is 1.11 bits per heavy atom. The summed E-state index contributed by atoms with van der Waals surface area (Å²) in [5, 5.41) is 0. The number of anilines is 1. The molecule has 1 saturated carbocycles. The summed E-state index contributed by atoms with van der Waals surface area (Å²) in [5.74, 6) is 1.45. The number of piperidine rings is 1. The van der Waals surface area contributed by atoms with Crippen LogP contribution in [0, 0.1) is 29.4 Å². The summed E-state index contributed by atoms with van der Waals surface area (Å²) in [6.07, 6.45) is 10.0. The Hall–Kier alpha value is -2.77. The third kappa shape index (κ3) is 5.57. The SMILES string of the molecule is CCc1cnc(N2CCC([C@H]3C[C@@H]3CCOc3cc(F)cc(F)c3CC(=O)N3CCC3)CC2)nc1. The minimum Gasteiger partial charge on any atom is -0.493 e. The number of carbonyl (C=O) groups excluding carboxylic acids is 1. The van der Waals surface area contributed by atoms with E-state index in [0.717, 1.165) is 62.8 Å². The molecule has 2 atom stereocenters. The van der Waals surface area contributed by atoms with Gasteiger partial charge in [-0.3, -0.25) is 4.79 Å². The van der Waals surface area contributed by atoms with Crippen molar-refractivity contribution in [3.63, 3.8) is 0 Å². The first kappa shape index (κ1) is 23.9. The van der Waals surface area contributed by atoms with E-state index in [4.69, 9.17) is 4.74 Å². The van der Waals surface area contributed by atoms with Gasteiger partial charge in [0.15, 0.2) is 0 Å². The zero-order valence-electron chi connectivity index (χ0n) is 20.4. The summed E-state index contributed by atoms with van der Waals surface area (Å²) in [5.41, 5.74) is 1.32. The Kier molecular flexibility index (Phi) is 7.16. The van der Waals surface area contributed by atoms with Crippen LogP contribution >= 0.6 is 0 Å². The van der Waals surface area contributed by atoms with E-state index in [9.17, 15) is 13.6 Å². The fourth-order valence-corrected chi connectivity index (χ4v) is 5.43. The van der Waals surface area contributed by atoms with Crippen LogP contribution < -0.4 is 9.64 Å². The number of amides is 1. The van der Waals surface area contributed by atoms with Gasteiger partial charge in [0, 0.05) is 56.3 Å². The summed E-state index contributed by atoms with van der Waals surface area (Å²) < 4.78 is 34.1. The Bertz CT molecular complexity index is 1040. The van der Waals surface area contributed by atoms with Crippen LogP contribution in [0.4, 0.5) is 14.7 Å². The van der Waals surface area contributed by atoms with Crippen molar-refractivity contribution in [2.24, 2.45) is 17.8 Å². The molecule has 3 aliphatic rings. The van der Waals surface area contributed by atoms with Crippen LogP contribution in [0.1, 0.15) is 50.2 Å². The third-order valence-electron chi connectivity index (χ3n) is 7.91. The average molecular weight is 485 g/mol. The predicted molar refractivity (Wildman–Crippen MR) is 129 cm³/mol. The number of hydrogen-bond acceptors (Lipinski definition) is 5. The van der Waals surface area contributed by atoms with Crippen molar-refractivity contribution in [2.45, 2.75) is 51.9 Å². The van der Waals surface area contributed by atoms with Crippen molar-refractivity contribution in [3.05, 3.63) is 47.3 Å². The molecule has 188 valence electrons. The van der Waals surface area contributed by atoms with E-state index < -0.39 is 11.6 Å². The molecule has 0 N–H and O–H groups in total. The van der Waals surface area contributed by atoms with Gasteiger partial charge in [-0.1, -0.05) is 6.92 Å². The number of aromatic nitrogens is 2. The molecule has 8 heteroatoms. The maximum absolute atomic E-state index is 14.4. The number of aryl methyl sites for hydroxylation is 1. The van der Waals surface area contributed by atoms with Gasteiger partial charge in [0.1, 0.15) is 17.4 Å². The molecule has 2 saturated heterocycles. The second kappa shape index (κ2) is 10.5. The van der Waals surface area contributed by atoms with Crippen LogP contribution in [0.5, 0.6) is 5.75 Å². The summed E-state index contributed by atoms with van der Waals surface area (Å²) >= 11 is 0. The maximum atomic E-state index is 14.4. The van der Waals surface area contributed by atoms with Crippen molar-refractivity contribution in [1.82, 2.24) is 14.9 Å². The molecule has 1 aromatic carbocycles. The summed E-state index contributed by atoms with van der Waals surface area (Å²) in [4.78, 5) is 25.3. The minimum atomic E-state index is -0.710. The number of benzene rings is 1. The van der Waals surface area contributed by atoms with Crippen molar-refractivity contribution in [2.75, 3.05) is 37.7 Å². The monoisotopic (exact) mass is 484 g/mol. The molecule has 3 heterocycles. The highest BCUT2D eigenvalue weighted by molar-refractivity contribution is 5.80. The second-order valence-electron chi connectivity index (χ2n) is 10.1. The normalized spacial score (nSPS) is 22.1. The van der Waals surface area contributed by atoms with Gasteiger partial charge in [-0.2, -0.15) is 0 Å². The number of carbonyl (C=O) groups is 1. The average Bonchev–Trinajstić information content (AvgIpc) is 3.60. The van der Waals surface area contributed by atoms with E-state index in [1.165, 1.54) is 12.5 Å². The van der Waals surface area contributed by atoms with Gasteiger partial charge in [-0.15, -0.1) is 0 Å². The summed E-state index contributed by atoms with van der Waals surface area (Å²) in [7, 11) is 0. The van der Waals surface area contributed by atoms with Crippen LogP contribution in [-0.4, -0.2) is 53.6 Å². The number of hydrogen-bond donors (Lipinski definition) is 0. The van der Waals surface area contributed by atoms with Gasteiger partial charge in [0.2, 0.25) is 11.9 Å². The van der Waals surface area contributed by atoms with Crippen molar-refractivity contribution in [1.29, 1.82) is 0 Å². The Morgan fingerprint density at radius 2 is 1.86 bits per heavy atom. The lowest BCUT2D eigenvalue weighted by Gasteiger charge is -2.32. The molecule has 2 aliphatic heterocycles. The van der Waals surface area contributed by atoms with E-state index in [-0.39, 0.29) is 23.6 Å². The third-order valence-corrected chi connectivity index (χ3v) is 7.91. The van der Waals surface area contributed by atoms with Crippen molar-refractivity contribution >= 4 is 11.9 Å². The van der Waals surface area contributed by atoms with Crippen LogP contribution in [0.3, 0.4) is 0 Å². The lowest BCUT2D eigenvalue weighted by Crippen LogP contribution is -2.43. The molecule has 0 spiro atoms. The highest BCUT2D eigenvalue weighted by atomic mass is 19.1. The van der Waals surface area contributed by atoms with Crippen LogP contribution in [0.15, 0.2) is 24.5 Å². The number of halogens is 2. The lowest BCUT2D eigenvalue weighted by molar-refractivity contribution is -0.133. The number of nitrogens with zero attached hydrogens (tertiary/aromatic N) is 4. The smallest absolute Gasteiger partial charge is 0.227 e. The molecular weight excluding hydrogens is 450 g/mol. The molecule has 0 unspecified atom stereocenters. The first-order valence-corrected chi connectivity index (χ1v) is 13.0. The molecule has 1 aliphatic carbocycles. The van der Waals surface area contributed by atoms with Gasteiger partial charge in [0.05, 0.1) is 13.0 Å². The Morgan fingerprint density at radius 3 is 2.51 bits per heavy atom. The van der Waals surface area contributed by atoms with E-state index in [0.29, 0.717) is 37.5 Å². The van der Waals surface area contributed by atoms with Crippen molar-refractivity contribution < 1.29 is 18.3 Å². The van der Waals surface area contributed by atoms with Gasteiger partial charge in [-0.25, -0.2) is 18.7 Å². The van der Waals surface area contributed by atoms with Crippen molar-refractivity contribution in [3.8, 4) is 5.75 Å². The molecule has 1 amide bonds. The molecule has 3 fully saturated rings. The molecular formula is C27H34F2N4O2. The quantitative estimate of drug-likeness (QED) is 0.528. The predicted octanol–water partition coefficient (Wildman–Crippen LogP) is 4.41. The second-order valence-corrected chi connectivity index (χ2v) is 10.1. The number of likely N-dealkylation sites (tertiary alicyclic amines) is 1. The molecule has 5 rings (SSSR count). The molecule has 35 heavy (non-hydrogen) atoms. The van der Waals surface area contributed by atoms with E-state index in [1.54, 1.807) is 4.90 Å². The molecule has 2 aromatic rings. The topological polar surface area (TPSA) is 58.6 Å². The first-order chi connectivity index (χ1) is 17.0. The van der Waals surface area contributed by atoms with Crippen LogP contribution in [-0.2, 0) is 17.6 Å². The van der Waals surface area contributed by atoms with E-state index >= 15 is 0 Å². The summed E-state index contributed by atoms with van der Waals surface area (Å²) in [6, 6.07) is 2.04. The first-order valence-electron chi connectivity index (χ1n) is 13.0. The number of rotatable bonds is 9. The fraction of sp³-hybridized carbons (Fsp3) is 0.593. The molecule has 6 nitrogen and oxygen atoms in total. The highest BCUT2D eigenvalue weighted by Gasteiger charge is 2.43. The van der Waals surface area contributed by atoms with Gasteiger partial charge >= 0.3 is 0 Å². The molecule has 1 aromatic heterocycles. The van der Waals surface area contributed by atoms with Crippen LogP contribution in [0.2, 0.25) is 0 Å². The number of ether oxygens (including phenoxy) is 1. The Labute approximate surface area is 205 Å². The maximum Gasteiger partial charge on any atom is 0.227 e.